The maximum Gasteiger partial charge on any atom is 0.160 e. The third-order valence-electron chi connectivity index (χ3n) is 9.29. The van der Waals surface area contributed by atoms with Crippen LogP contribution in [0.1, 0.15) is 17.5 Å². The summed E-state index contributed by atoms with van der Waals surface area (Å²) in [5.74, 6) is 0. The highest BCUT2D eigenvalue weighted by Gasteiger charge is 2.25. The first-order valence-corrected chi connectivity index (χ1v) is 16.0. The van der Waals surface area contributed by atoms with Gasteiger partial charge in [-0.3, -0.25) is 0 Å². The molecule has 0 amide bonds. The Morgan fingerprint density at radius 1 is 0.522 bits per heavy atom. The van der Waals surface area contributed by atoms with Crippen LogP contribution in [-0.2, 0) is 6.42 Å². The van der Waals surface area contributed by atoms with Crippen molar-refractivity contribution in [3.05, 3.63) is 169 Å². The van der Waals surface area contributed by atoms with Gasteiger partial charge in [-0.25, -0.2) is 0 Å². The molecule has 1 aliphatic rings. The summed E-state index contributed by atoms with van der Waals surface area (Å²) in [6, 6.07) is 54.5. The largest absolute Gasteiger partial charge is 0.454 e. The molecule has 46 heavy (non-hydrogen) atoms. The highest BCUT2D eigenvalue weighted by molar-refractivity contribution is 6.16. The summed E-state index contributed by atoms with van der Waals surface area (Å²) in [5, 5.41) is 4.62. The molecular weight excluding hydrogens is 558 g/mol. The first-order chi connectivity index (χ1) is 22.8. The third kappa shape index (κ3) is 4.50. The van der Waals surface area contributed by atoms with Gasteiger partial charge in [0.1, 0.15) is 5.58 Å². The summed E-state index contributed by atoms with van der Waals surface area (Å²) < 4.78 is 6.93. The first kappa shape index (κ1) is 26.5. The second kappa shape index (κ2) is 10.9. The number of aryl methyl sites for hydroxylation is 1. The lowest BCUT2D eigenvalue weighted by Crippen LogP contribution is -2.12. The first-order valence-electron chi connectivity index (χ1n) is 16.0. The Hall–Kier alpha value is -5.86. The van der Waals surface area contributed by atoms with E-state index >= 15 is 0 Å². The van der Waals surface area contributed by atoms with Gasteiger partial charge in [-0.1, -0.05) is 121 Å². The second-order valence-corrected chi connectivity index (χ2v) is 12.1. The second-order valence-electron chi connectivity index (χ2n) is 12.1. The van der Waals surface area contributed by atoms with Crippen molar-refractivity contribution in [1.82, 2.24) is 0 Å². The fourth-order valence-corrected chi connectivity index (χ4v) is 6.98. The van der Waals surface area contributed by atoms with E-state index in [0.29, 0.717) is 0 Å². The number of fused-ring (bicyclic) bond motifs is 5. The molecular formula is C44H31NO. The van der Waals surface area contributed by atoms with Gasteiger partial charge in [0.05, 0.1) is 5.69 Å². The monoisotopic (exact) mass is 589 g/mol. The molecule has 2 heteroatoms. The summed E-state index contributed by atoms with van der Waals surface area (Å²) in [4.78, 5) is 2.39. The van der Waals surface area contributed by atoms with Crippen LogP contribution in [0.2, 0.25) is 0 Å². The molecule has 7 aromatic carbocycles. The van der Waals surface area contributed by atoms with E-state index in [9.17, 15) is 0 Å². The Morgan fingerprint density at radius 3 is 1.98 bits per heavy atom. The number of hydrogen-bond donors (Lipinski definition) is 0. The van der Waals surface area contributed by atoms with Gasteiger partial charge >= 0.3 is 0 Å². The summed E-state index contributed by atoms with van der Waals surface area (Å²) in [6.45, 7) is 0. The fourth-order valence-electron chi connectivity index (χ4n) is 6.98. The summed E-state index contributed by atoms with van der Waals surface area (Å²) in [5.41, 5.74) is 12.3. The highest BCUT2D eigenvalue weighted by atomic mass is 16.3. The molecule has 0 aliphatic heterocycles. The van der Waals surface area contributed by atoms with Gasteiger partial charge in [0.2, 0.25) is 0 Å². The molecule has 0 atom stereocenters. The lowest BCUT2D eigenvalue weighted by molar-refractivity contribution is 0.670. The fraction of sp³-hybridized carbons (Fsp3) is 0.0455. The van der Waals surface area contributed by atoms with Crippen molar-refractivity contribution < 1.29 is 4.42 Å². The predicted octanol–water partition coefficient (Wildman–Crippen LogP) is 12.5. The Bertz CT molecular complexity index is 2400. The van der Waals surface area contributed by atoms with Gasteiger partial charge in [0.25, 0.3) is 0 Å². The van der Waals surface area contributed by atoms with Crippen molar-refractivity contribution >= 4 is 55.8 Å². The maximum atomic E-state index is 6.93. The van der Waals surface area contributed by atoms with Crippen molar-refractivity contribution in [2.75, 3.05) is 4.90 Å². The van der Waals surface area contributed by atoms with E-state index in [-0.39, 0.29) is 0 Å². The highest BCUT2D eigenvalue weighted by Crippen LogP contribution is 2.48. The molecule has 1 aliphatic carbocycles. The van der Waals surface area contributed by atoms with Crippen LogP contribution in [0.5, 0.6) is 0 Å². The Balaban J connectivity index is 1.34. The van der Waals surface area contributed by atoms with Crippen LogP contribution in [0.3, 0.4) is 0 Å². The van der Waals surface area contributed by atoms with E-state index < -0.39 is 0 Å². The van der Waals surface area contributed by atoms with Crippen LogP contribution >= 0.6 is 0 Å². The van der Waals surface area contributed by atoms with E-state index in [1.165, 1.54) is 33.0 Å². The molecule has 8 aromatic rings. The number of furan rings is 1. The molecule has 1 heterocycles. The van der Waals surface area contributed by atoms with Crippen LogP contribution in [0, 0.1) is 0 Å². The number of anilines is 3. The number of hydrogen-bond acceptors (Lipinski definition) is 2. The van der Waals surface area contributed by atoms with E-state index in [2.05, 4.69) is 169 Å². The molecule has 0 spiro atoms. The van der Waals surface area contributed by atoms with Crippen LogP contribution < -0.4 is 4.90 Å². The summed E-state index contributed by atoms with van der Waals surface area (Å²) in [6.07, 6.45) is 6.71. The number of benzene rings is 7. The van der Waals surface area contributed by atoms with Crippen LogP contribution in [0.4, 0.5) is 17.1 Å². The average Bonchev–Trinajstić information content (AvgIpc) is 3.49. The van der Waals surface area contributed by atoms with Crippen LogP contribution in [0.15, 0.2) is 162 Å². The number of rotatable bonds is 5. The van der Waals surface area contributed by atoms with Crippen molar-refractivity contribution in [1.29, 1.82) is 0 Å². The molecule has 2 nitrogen and oxygen atoms in total. The van der Waals surface area contributed by atoms with E-state index in [4.69, 9.17) is 4.42 Å². The zero-order chi connectivity index (χ0) is 30.5. The lowest BCUT2D eigenvalue weighted by atomic mass is 9.95. The average molecular weight is 590 g/mol. The minimum absolute atomic E-state index is 0.882. The standard InChI is InChI=1S/C44H31NO/c1-3-11-30(12-4-1)32-19-22-37(23-20-32)45(38-24-21-31-13-7-8-16-34(31)27-38)43-39(33-14-5-2-6-15-33)25-26-40-41-28-35-17-9-10-18-36(35)29-42(41)46-44(40)43/h1-6,8-12,14-29H,7,13H2. The molecule has 218 valence electrons. The van der Waals surface area contributed by atoms with Gasteiger partial charge in [-0.2, -0.15) is 0 Å². The topological polar surface area (TPSA) is 16.4 Å². The molecule has 0 saturated heterocycles. The molecule has 1 aromatic heterocycles. The van der Waals surface area contributed by atoms with Crippen LogP contribution in [-0.4, -0.2) is 0 Å². The minimum atomic E-state index is 0.882. The maximum absolute atomic E-state index is 6.93. The molecule has 9 rings (SSSR count). The zero-order valence-electron chi connectivity index (χ0n) is 25.4. The van der Waals surface area contributed by atoms with Crippen molar-refractivity contribution in [2.45, 2.75) is 12.8 Å². The zero-order valence-corrected chi connectivity index (χ0v) is 25.4. The van der Waals surface area contributed by atoms with Gasteiger partial charge in [0.15, 0.2) is 5.58 Å². The van der Waals surface area contributed by atoms with Crippen LogP contribution in [0.25, 0.3) is 61.0 Å². The Labute approximate surface area is 268 Å². The van der Waals surface area contributed by atoms with Crippen molar-refractivity contribution in [3.63, 3.8) is 0 Å². The third-order valence-corrected chi connectivity index (χ3v) is 9.29. The smallest absolute Gasteiger partial charge is 0.160 e. The molecule has 0 fully saturated rings. The number of nitrogens with zero attached hydrogens (tertiary/aromatic N) is 1. The van der Waals surface area contributed by atoms with E-state index in [0.717, 1.165) is 63.0 Å². The minimum Gasteiger partial charge on any atom is -0.454 e. The molecule has 0 N–H and O–H groups in total. The number of allylic oxidation sites excluding steroid dienone is 1. The molecule has 0 bridgehead atoms. The SMILES string of the molecule is C1=Cc2cc(N(c3ccc(-c4ccccc4)cc3)c3c(-c4ccccc4)ccc4c3oc3cc5ccccc5cc34)ccc2CC1. The van der Waals surface area contributed by atoms with E-state index in [1.54, 1.807) is 0 Å². The summed E-state index contributed by atoms with van der Waals surface area (Å²) >= 11 is 0. The lowest BCUT2D eigenvalue weighted by Gasteiger charge is -2.29. The quantitative estimate of drug-likeness (QED) is 0.199. The van der Waals surface area contributed by atoms with Gasteiger partial charge in [-0.15, -0.1) is 0 Å². The normalized spacial score (nSPS) is 12.5. The predicted molar refractivity (Wildman–Crippen MR) is 194 cm³/mol. The van der Waals surface area contributed by atoms with Gasteiger partial charge in [-0.05, 0) is 93.9 Å². The van der Waals surface area contributed by atoms with Gasteiger partial charge < -0.3 is 9.32 Å². The van der Waals surface area contributed by atoms with E-state index in [1.807, 2.05) is 0 Å². The summed E-state index contributed by atoms with van der Waals surface area (Å²) in [7, 11) is 0. The van der Waals surface area contributed by atoms with Gasteiger partial charge in [0, 0.05) is 27.7 Å². The Kier molecular flexibility index (Phi) is 6.31. The van der Waals surface area contributed by atoms with Crippen molar-refractivity contribution in [2.24, 2.45) is 0 Å². The Morgan fingerprint density at radius 2 is 1.20 bits per heavy atom. The molecule has 0 saturated carbocycles. The molecule has 0 unspecified atom stereocenters. The molecule has 0 radical (unpaired) electrons. The van der Waals surface area contributed by atoms with Crippen molar-refractivity contribution in [3.8, 4) is 22.3 Å².